The summed E-state index contributed by atoms with van der Waals surface area (Å²) in [5, 5.41) is 0.379. The van der Waals surface area contributed by atoms with Crippen LogP contribution in [-0.4, -0.2) is 8.42 Å². The van der Waals surface area contributed by atoms with Crippen molar-refractivity contribution in [1.82, 2.24) is 0 Å². The van der Waals surface area contributed by atoms with Crippen molar-refractivity contribution < 1.29 is 17.2 Å². The Balaban J connectivity index is 2.44. The lowest BCUT2D eigenvalue weighted by Gasteiger charge is -2.12. The third kappa shape index (κ3) is 2.91. The minimum absolute atomic E-state index is 0.237. The second-order valence-electron chi connectivity index (χ2n) is 4.09. The van der Waals surface area contributed by atoms with Crippen LogP contribution in [0.5, 0.6) is 0 Å². The fourth-order valence-corrected chi connectivity index (χ4v) is 2.97. The lowest BCUT2D eigenvalue weighted by atomic mass is 10.2. The summed E-state index contributed by atoms with van der Waals surface area (Å²) in [5.41, 5.74) is 0.751. The highest BCUT2D eigenvalue weighted by Crippen LogP contribution is 2.26. The summed E-state index contributed by atoms with van der Waals surface area (Å²) in [6, 6.07) is 6.93. The van der Waals surface area contributed by atoms with Gasteiger partial charge in [0.2, 0.25) is 0 Å². The molecule has 0 aromatic heterocycles. The van der Waals surface area contributed by atoms with Gasteiger partial charge in [-0.25, -0.2) is 17.2 Å². The van der Waals surface area contributed by atoms with Crippen molar-refractivity contribution >= 4 is 27.3 Å². The molecule has 20 heavy (non-hydrogen) atoms. The van der Waals surface area contributed by atoms with E-state index in [9.17, 15) is 17.2 Å². The van der Waals surface area contributed by atoms with Crippen LogP contribution in [0, 0.1) is 18.6 Å². The molecule has 2 aromatic carbocycles. The van der Waals surface area contributed by atoms with Crippen LogP contribution in [0.4, 0.5) is 14.5 Å². The standard InChI is InChI=1S/C13H10ClF2NO2S/c1-8-10(14)3-2-4-12(8)17-20(18,19)13-6-5-9(15)7-11(13)16/h2-7,17H,1H3. The van der Waals surface area contributed by atoms with Crippen molar-refractivity contribution in [2.45, 2.75) is 11.8 Å². The van der Waals surface area contributed by atoms with Crippen molar-refractivity contribution in [3.63, 3.8) is 0 Å². The molecule has 0 radical (unpaired) electrons. The Morgan fingerprint density at radius 3 is 2.50 bits per heavy atom. The van der Waals surface area contributed by atoms with Gasteiger partial charge in [0, 0.05) is 11.1 Å². The second-order valence-corrected chi connectivity index (χ2v) is 6.15. The van der Waals surface area contributed by atoms with E-state index in [1.54, 1.807) is 19.1 Å². The average molecular weight is 318 g/mol. The summed E-state index contributed by atoms with van der Waals surface area (Å²) < 4.78 is 52.7. The minimum Gasteiger partial charge on any atom is -0.279 e. The number of benzene rings is 2. The van der Waals surface area contributed by atoms with E-state index in [-0.39, 0.29) is 5.69 Å². The smallest absolute Gasteiger partial charge is 0.264 e. The lowest BCUT2D eigenvalue weighted by molar-refractivity contribution is 0.551. The van der Waals surface area contributed by atoms with Crippen molar-refractivity contribution in [3.8, 4) is 0 Å². The first-order valence-corrected chi connectivity index (χ1v) is 7.40. The highest BCUT2D eigenvalue weighted by atomic mass is 35.5. The summed E-state index contributed by atoms with van der Waals surface area (Å²) in [4.78, 5) is -0.627. The molecule has 0 bridgehead atoms. The molecule has 0 unspecified atom stereocenters. The topological polar surface area (TPSA) is 46.2 Å². The van der Waals surface area contributed by atoms with Crippen molar-refractivity contribution in [2.24, 2.45) is 0 Å². The Labute approximate surface area is 120 Å². The molecule has 1 N–H and O–H groups in total. The van der Waals surface area contributed by atoms with Gasteiger partial charge in [-0.1, -0.05) is 17.7 Å². The Kier molecular flexibility index (Phi) is 3.96. The maximum Gasteiger partial charge on any atom is 0.264 e. The molecule has 0 saturated heterocycles. The normalized spacial score (nSPS) is 11.4. The number of anilines is 1. The van der Waals surface area contributed by atoms with Gasteiger partial charge in [0.1, 0.15) is 16.5 Å². The van der Waals surface area contributed by atoms with Crippen LogP contribution in [0.25, 0.3) is 0 Å². The van der Waals surface area contributed by atoms with Crippen LogP contribution in [0.1, 0.15) is 5.56 Å². The van der Waals surface area contributed by atoms with Crippen LogP contribution in [0.15, 0.2) is 41.3 Å². The summed E-state index contributed by atoms with van der Waals surface area (Å²) in [6.45, 7) is 1.63. The van der Waals surface area contributed by atoms with Gasteiger partial charge in [0.05, 0.1) is 5.69 Å². The SMILES string of the molecule is Cc1c(Cl)cccc1NS(=O)(=O)c1ccc(F)cc1F. The zero-order valence-electron chi connectivity index (χ0n) is 10.3. The number of hydrogen-bond acceptors (Lipinski definition) is 2. The van der Waals surface area contributed by atoms with Crippen molar-refractivity contribution in [1.29, 1.82) is 0 Å². The summed E-state index contributed by atoms with van der Waals surface area (Å²) >= 11 is 5.88. The predicted molar refractivity (Wildman–Crippen MR) is 73.4 cm³/mol. The molecule has 7 heteroatoms. The molecule has 0 fully saturated rings. The van der Waals surface area contributed by atoms with Crippen LogP contribution in [-0.2, 0) is 10.0 Å². The van der Waals surface area contributed by atoms with Gasteiger partial charge >= 0.3 is 0 Å². The van der Waals surface area contributed by atoms with Gasteiger partial charge in [-0.3, -0.25) is 4.72 Å². The molecule has 2 rings (SSSR count). The van der Waals surface area contributed by atoms with Gasteiger partial charge in [-0.2, -0.15) is 0 Å². The molecule has 0 amide bonds. The number of nitrogens with one attached hydrogen (secondary N) is 1. The van der Waals surface area contributed by atoms with E-state index in [0.29, 0.717) is 16.7 Å². The predicted octanol–water partition coefficient (Wildman–Crippen LogP) is 3.73. The largest absolute Gasteiger partial charge is 0.279 e. The minimum atomic E-state index is -4.15. The Hall–Kier alpha value is -1.66. The summed E-state index contributed by atoms with van der Waals surface area (Å²) in [5.74, 6) is -2.00. The maximum absolute atomic E-state index is 13.5. The van der Waals surface area contributed by atoms with Crippen LogP contribution in [0.3, 0.4) is 0 Å². The van der Waals surface area contributed by atoms with E-state index in [2.05, 4.69) is 4.72 Å². The second kappa shape index (κ2) is 5.38. The zero-order valence-corrected chi connectivity index (χ0v) is 11.9. The van der Waals surface area contributed by atoms with E-state index >= 15 is 0 Å². The first-order valence-electron chi connectivity index (χ1n) is 5.54. The molecule has 0 aliphatic rings. The Bertz CT molecular complexity index is 763. The van der Waals surface area contributed by atoms with Gasteiger partial charge < -0.3 is 0 Å². The molecule has 2 aromatic rings. The van der Waals surface area contributed by atoms with E-state index in [0.717, 1.165) is 12.1 Å². The summed E-state index contributed by atoms with van der Waals surface area (Å²) in [7, 11) is -4.15. The van der Waals surface area contributed by atoms with E-state index in [1.165, 1.54) is 6.07 Å². The molecular formula is C13H10ClF2NO2S. The van der Waals surface area contributed by atoms with Crippen LogP contribution < -0.4 is 4.72 Å². The Morgan fingerprint density at radius 2 is 1.85 bits per heavy atom. The monoisotopic (exact) mass is 317 g/mol. The maximum atomic E-state index is 13.5. The van der Waals surface area contributed by atoms with Gasteiger partial charge in [-0.05, 0) is 36.8 Å². The Morgan fingerprint density at radius 1 is 1.15 bits per heavy atom. The van der Waals surface area contributed by atoms with Crippen molar-refractivity contribution in [2.75, 3.05) is 4.72 Å². The number of hydrogen-bond donors (Lipinski definition) is 1. The summed E-state index contributed by atoms with van der Waals surface area (Å²) in [6.07, 6.45) is 0. The van der Waals surface area contributed by atoms with Gasteiger partial charge in [0.25, 0.3) is 10.0 Å². The average Bonchev–Trinajstić information content (AvgIpc) is 2.34. The number of sulfonamides is 1. The molecule has 0 saturated carbocycles. The quantitative estimate of drug-likeness (QED) is 0.937. The zero-order chi connectivity index (χ0) is 14.9. The van der Waals surface area contributed by atoms with E-state index < -0.39 is 26.6 Å². The fraction of sp³-hybridized carbons (Fsp3) is 0.0769. The first kappa shape index (κ1) is 14.7. The molecule has 0 spiro atoms. The highest BCUT2D eigenvalue weighted by molar-refractivity contribution is 7.92. The third-order valence-electron chi connectivity index (χ3n) is 2.70. The fourth-order valence-electron chi connectivity index (χ4n) is 1.61. The van der Waals surface area contributed by atoms with Gasteiger partial charge in [0.15, 0.2) is 0 Å². The first-order chi connectivity index (χ1) is 9.31. The van der Waals surface area contributed by atoms with Gasteiger partial charge in [-0.15, -0.1) is 0 Å². The molecule has 0 aliphatic carbocycles. The third-order valence-corrected chi connectivity index (χ3v) is 4.50. The lowest BCUT2D eigenvalue weighted by Crippen LogP contribution is -2.15. The molecule has 0 heterocycles. The number of halogens is 3. The molecule has 3 nitrogen and oxygen atoms in total. The number of rotatable bonds is 3. The molecular weight excluding hydrogens is 308 g/mol. The molecule has 0 aliphatic heterocycles. The van der Waals surface area contributed by atoms with Crippen LogP contribution in [0.2, 0.25) is 5.02 Å². The van der Waals surface area contributed by atoms with E-state index in [1.807, 2.05) is 0 Å². The van der Waals surface area contributed by atoms with Crippen molar-refractivity contribution in [3.05, 3.63) is 58.6 Å². The molecule has 106 valence electrons. The molecule has 0 atom stereocenters. The van der Waals surface area contributed by atoms with Crippen LogP contribution >= 0.6 is 11.6 Å². The highest BCUT2D eigenvalue weighted by Gasteiger charge is 2.20. The van der Waals surface area contributed by atoms with E-state index in [4.69, 9.17) is 11.6 Å².